The van der Waals surface area contributed by atoms with Gasteiger partial charge in [-0.25, -0.2) is 0 Å². The minimum absolute atomic E-state index is 0.468. The fourth-order valence-corrected chi connectivity index (χ4v) is 1.07. The molecule has 72 valence electrons. The van der Waals surface area contributed by atoms with Crippen LogP contribution in [0.5, 0.6) is 0 Å². The third-order valence-electron chi connectivity index (χ3n) is 1.77. The fraction of sp³-hybridized carbons (Fsp3) is 0.909. The Balaban J connectivity index is 3.11. The van der Waals surface area contributed by atoms with Crippen LogP contribution in [0.2, 0.25) is 0 Å². The van der Waals surface area contributed by atoms with Crippen molar-refractivity contribution in [2.75, 3.05) is 0 Å². The first kappa shape index (κ1) is 11.7. The molecule has 0 saturated heterocycles. The van der Waals surface area contributed by atoms with Gasteiger partial charge in [0, 0.05) is 6.04 Å². The molecule has 0 aromatic heterocycles. The average molecular weight is 169 g/mol. The number of hydrogen-bond acceptors (Lipinski definition) is 1. The third kappa shape index (κ3) is 9.67. The SMILES string of the molecule is CC(C)CCCC/C=N/C(C)C. The van der Waals surface area contributed by atoms with Crippen LogP contribution in [-0.4, -0.2) is 12.3 Å². The number of nitrogens with zero attached hydrogens (tertiary/aromatic N) is 1. The van der Waals surface area contributed by atoms with Gasteiger partial charge in [-0.05, 0) is 38.8 Å². The summed E-state index contributed by atoms with van der Waals surface area (Å²) in [4.78, 5) is 4.32. The minimum Gasteiger partial charge on any atom is -0.295 e. The van der Waals surface area contributed by atoms with Gasteiger partial charge in [-0.1, -0.05) is 26.7 Å². The molecule has 0 saturated carbocycles. The average Bonchev–Trinajstić information content (AvgIpc) is 1.95. The number of hydrogen-bond donors (Lipinski definition) is 0. The van der Waals surface area contributed by atoms with Crippen LogP contribution < -0.4 is 0 Å². The Kier molecular flexibility index (Phi) is 7.12. The number of rotatable bonds is 6. The molecule has 0 heterocycles. The highest BCUT2D eigenvalue weighted by Gasteiger charge is 1.92. The molecular formula is C11H23N. The molecule has 0 bridgehead atoms. The Labute approximate surface area is 77.3 Å². The van der Waals surface area contributed by atoms with Crippen molar-refractivity contribution in [2.45, 2.75) is 59.4 Å². The zero-order valence-electron chi connectivity index (χ0n) is 9.01. The van der Waals surface area contributed by atoms with E-state index in [1.165, 1.54) is 19.3 Å². The normalized spacial score (nSPS) is 12.2. The topological polar surface area (TPSA) is 12.4 Å². The minimum atomic E-state index is 0.468. The quantitative estimate of drug-likeness (QED) is 0.425. The van der Waals surface area contributed by atoms with Gasteiger partial charge >= 0.3 is 0 Å². The smallest absolute Gasteiger partial charge is 0.0439 e. The monoisotopic (exact) mass is 169 g/mol. The molecule has 0 spiro atoms. The van der Waals surface area contributed by atoms with E-state index in [1.54, 1.807) is 0 Å². The lowest BCUT2D eigenvalue weighted by Crippen LogP contribution is -1.90. The lowest BCUT2D eigenvalue weighted by atomic mass is 10.1. The van der Waals surface area contributed by atoms with Gasteiger partial charge in [0.25, 0.3) is 0 Å². The summed E-state index contributed by atoms with van der Waals surface area (Å²) in [6, 6.07) is 0.468. The van der Waals surface area contributed by atoms with E-state index >= 15 is 0 Å². The molecule has 1 heteroatoms. The third-order valence-corrected chi connectivity index (χ3v) is 1.77. The number of aliphatic imine (C=N–C) groups is 1. The summed E-state index contributed by atoms with van der Waals surface area (Å²) in [5, 5.41) is 0. The van der Waals surface area contributed by atoms with Crippen LogP contribution in [-0.2, 0) is 0 Å². The van der Waals surface area contributed by atoms with Crippen molar-refractivity contribution in [3.05, 3.63) is 0 Å². The Morgan fingerprint density at radius 3 is 2.25 bits per heavy atom. The molecule has 0 amide bonds. The van der Waals surface area contributed by atoms with Crippen molar-refractivity contribution >= 4 is 6.21 Å². The molecule has 0 aromatic rings. The Morgan fingerprint density at radius 2 is 1.75 bits per heavy atom. The molecule has 0 aromatic carbocycles. The van der Waals surface area contributed by atoms with Gasteiger partial charge in [-0.2, -0.15) is 0 Å². The molecule has 0 atom stereocenters. The van der Waals surface area contributed by atoms with Gasteiger partial charge in [-0.3, -0.25) is 4.99 Å². The molecular weight excluding hydrogens is 146 g/mol. The van der Waals surface area contributed by atoms with Crippen molar-refractivity contribution < 1.29 is 0 Å². The van der Waals surface area contributed by atoms with E-state index in [0.29, 0.717) is 6.04 Å². The molecule has 12 heavy (non-hydrogen) atoms. The summed E-state index contributed by atoms with van der Waals surface area (Å²) in [5.41, 5.74) is 0. The molecule has 0 N–H and O–H groups in total. The highest BCUT2D eigenvalue weighted by Crippen LogP contribution is 2.06. The van der Waals surface area contributed by atoms with E-state index in [2.05, 4.69) is 38.9 Å². The molecule has 0 unspecified atom stereocenters. The van der Waals surface area contributed by atoms with E-state index in [4.69, 9.17) is 0 Å². The van der Waals surface area contributed by atoms with Crippen LogP contribution in [0, 0.1) is 5.92 Å². The zero-order chi connectivity index (χ0) is 9.40. The molecule has 0 aliphatic carbocycles. The van der Waals surface area contributed by atoms with Crippen LogP contribution in [0.15, 0.2) is 4.99 Å². The highest BCUT2D eigenvalue weighted by molar-refractivity contribution is 5.57. The summed E-state index contributed by atoms with van der Waals surface area (Å²) in [5.74, 6) is 0.854. The van der Waals surface area contributed by atoms with Crippen LogP contribution in [0.4, 0.5) is 0 Å². The first-order valence-electron chi connectivity index (χ1n) is 5.14. The molecule has 0 rings (SSSR count). The van der Waals surface area contributed by atoms with Gasteiger partial charge < -0.3 is 0 Å². The van der Waals surface area contributed by atoms with Gasteiger partial charge in [0.1, 0.15) is 0 Å². The van der Waals surface area contributed by atoms with Crippen molar-refractivity contribution in [3.8, 4) is 0 Å². The van der Waals surface area contributed by atoms with E-state index in [1.807, 2.05) is 0 Å². The number of unbranched alkanes of at least 4 members (excludes halogenated alkanes) is 2. The van der Waals surface area contributed by atoms with E-state index in [0.717, 1.165) is 12.3 Å². The van der Waals surface area contributed by atoms with E-state index in [9.17, 15) is 0 Å². The van der Waals surface area contributed by atoms with Gasteiger partial charge in [-0.15, -0.1) is 0 Å². The lowest BCUT2D eigenvalue weighted by molar-refractivity contribution is 0.544. The largest absolute Gasteiger partial charge is 0.295 e. The maximum atomic E-state index is 4.32. The van der Waals surface area contributed by atoms with Crippen LogP contribution >= 0.6 is 0 Å². The Bertz CT molecular complexity index is 114. The van der Waals surface area contributed by atoms with Crippen molar-refractivity contribution in [3.63, 3.8) is 0 Å². The van der Waals surface area contributed by atoms with Gasteiger partial charge in [0.05, 0.1) is 0 Å². The van der Waals surface area contributed by atoms with Crippen LogP contribution in [0.3, 0.4) is 0 Å². The van der Waals surface area contributed by atoms with Crippen LogP contribution in [0.1, 0.15) is 53.4 Å². The Morgan fingerprint density at radius 1 is 1.08 bits per heavy atom. The van der Waals surface area contributed by atoms with Crippen LogP contribution in [0.25, 0.3) is 0 Å². The zero-order valence-corrected chi connectivity index (χ0v) is 9.01. The maximum Gasteiger partial charge on any atom is 0.0439 e. The van der Waals surface area contributed by atoms with Gasteiger partial charge in [0.15, 0.2) is 0 Å². The van der Waals surface area contributed by atoms with Crippen molar-refractivity contribution in [1.82, 2.24) is 0 Å². The standard InChI is InChI=1S/C11H23N/c1-10(2)8-6-5-7-9-12-11(3)4/h9-11H,5-8H2,1-4H3/b12-9+. The summed E-state index contributed by atoms with van der Waals surface area (Å²) in [6.07, 6.45) is 7.24. The van der Waals surface area contributed by atoms with E-state index in [-0.39, 0.29) is 0 Å². The molecule has 0 fully saturated rings. The fourth-order valence-electron chi connectivity index (χ4n) is 1.07. The summed E-state index contributed by atoms with van der Waals surface area (Å²) in [6.45, 7) is 8.79. The molecule has 0 aliphatic heterocycles. The molecule has 0 radical (unpaired) electrons. The Hall–Kier alpha value is -0.330. The predicted molar refractivity (Wildman–Crippen MR) is 56.9 cm³/mol. The summed E-state index contributed by atoms with van der Waals surface area (Å²) < 4.78 is 0. The summed E-state index contributed by atoms with van der Waals surface area (Å²) in [7, 11) is 0. The maximum absolute atomic E-state index is 4.32. The summed E-state index contributed by atoms with van der Waals surface area (Å²) >= 11 is 0. The second-order valence-corrected chi connectivity index (χ2v) is 4.10. The first-order chi connectivity index (χ1) is 5.63. The second kappa shape index (κ2) is 7.33. The molecule has 1 nitrogen and oxygen atoms in total. The van der Waals surface area contributed by atoms with Crippen molar-refractivity contribution in [1.29, 1.82) is 0 Å². The van der Waals surface area contributed by atoms with Gasteiger partial charge in [0.2, 0.25) is 0 Å². The highest BCUT2D eigenvalue weighted by atomic mass is 14.7. The predicted octanol–water partition coefficient (Wildman–Crippen LogP) is 3.68. The van der Waals surface area contributed by atoms with Crippen molar-refractivity contribution in [2.24, 2.45) is 10.9 Å². The first-order valence-corrected chi connectivity index (χ1v) is 5.14. The second-order valence-electron chi connectivity index (χ2n) is 4.10. The lowest BCUT2D eigenvalue weighted by Gasteiger charge is -2.01. The molecule has 0 aliphatic rings. The van der Waals surface area contributed by atoms with E-state index < -0.39 is 0 Å².